The number of hydrogen-bond donors (Lipinski definition) is 1. The van der Waals surface area contributed by atoms with Crippen molar-refractivity contribution in [2.75, 3.05) is 20.3 Å². The van der Waals surface area contributed by atoms with Gasteiger partial charge in [-0.3, -0.25) is 0 Å². The summed E-state index contributed by atoms with van der Waals surface area (Å²) in [5, 5.41) is 8.22. The number of halogens is 1. The monoisotopic (exact) mass is 616 g/mol. The van der Waals surface area contributed by atoms with Crippen LogP contribution in [0.1, 0.15) is 31.5 Å². The van der Waals surface area contributed by atoms with Crippen molar-refractivity contribution in [2.45, 2.75) is 97.9 Å². The van der Waals surface area contributed by atoms with Crippen LogP contribution in [0.3, 0.4) is 0 Å². The lowest BCUT2D eigenvalue weighted by Gasteiger charge is -2.30. The van der Waals surface area contributed by atoms with Gasteiger partial charge in [0.1, 0.15) is 19.2 Å². The smallest absolute Gasteiger partial charge is 0.407 e. The van der Waals surface area contributed by atoms with Gasteiger partial charge in [0.15, 0.2) is 11.6 Å². The first kappa shape index (κ1) is 32.4. The van der Waals surface area contributed by atoms with E-state index in [0.717, 1.165) is 54.9 Å². The number of nitrogens with zero attached hydrogens (tertiary/aromatic N) is 3. The van der Waals surface area contributed by atoms with E-state index in [1.54, 1.807) is 6.07 Å². The van der Waals surface area contributed by atoms with Crippen molar-refractivity contribution in [1.29, 1.82) is 0 Å². The predicted molar refractivity (Wildman–Crippen MR) is 172 cm³/mol. The van der Waals surface area contributed by atoms with Gasteiger partial charge >= 0.3 is 6.09 Å². The topological polar surface area (TPSA) is 79.5 Å². The number of amides is 1. The number of aromatic nitrogens is 3. The molecule has 0 spiro atoms. The molecule has 0 atom stereocenters. The Bertz CT molecular complexity index is 1420. The first-order chi connectivity index (χ1) is 19.6. The van der Waals surface area contributed by atoms with Gasteiger partial charge in [0, 0.05) is 59.1 Å². The molecule has 2 heterocycles. The second-order valence-corrected chi connectivity index (χ2v) is 26.0. The van der Waals surface area contributed by atoms with E-state index in [9.17, 15) is 4.79 Å². The number of ether oxygens (including phenoxy) is 3. The van der Waals surface area contributed by atoms with Gasteiger partial charge in [0.05, 0.1) is 11.2 Å². The fraction of sp³-hybridized carbons (Fsp3) is 0.613. The summed E-state index contributed by atoms with van der Waals surface area (Å²) in [5.41, 5.74) is 5.07. The molecule has 1 aliphatic carbocycles. The highest BCUT2D eigenvalue weighted by atomic mass is 28.3. The number of carbonyl (C=O) groups is 1. The van der Waals surface area contributed by atoms with Crippen molar-refractivity contribution in [1.82, 2.24) is 19.7 Å². The lowest BCUT2D eigenvalue weighted by molar-refractivity contribution is 0.0747. The number of fused-ring (bicyclic) bond motifs is 2. The number of nitrogens with one attached hydrogen (secondary N) is 1. The molecule has 8 nitrogen and oxygen atoms in total. The van der Waals surface area contributed by atoms with Gasteiger partial charge in [0.2, 0.25) is 0 Å². The van der Waals surface area contributed by atoms with Crippen LogP contribution in [0.2, 0.25) is 51.4 Å². The zero-order valence-electron chi connectivity index (χ0n) is 26.9. The lowest BCUT2D eigenvalue weighted by atomic mass is 9.76. The van der Waals surface area contributed by atoms with E-state index in [2.05, 4.69) is 58.4 Å². The molecular formula is C31H49FN4O4Si2. The van der Waals surface area contributed by atoms with Crippen molar-refractivity contribution in [2.24, 2.45) is 5.41 Å². The van der Waals surface area contributed by atoms with E-state index in [-0.39, 0.29) is 17.9 Å². The minimum Gasteiger partial charge on any atom is -0.407 e. The second-order valence-electron chi connectivity index (χ2n) is 14.7. The fourth-order valence-corrected chi connectivity index (χ4v) is 6.72. The molecule has 0 saturated heterocycles. The third kappa shape index (κ3) is 8.12. The van der Waals surface area contributed by atoms with Crippen LogP contribution >= 0.6 is 0 Å². The summed E-state index contributed by atoms with van der Waals surface area (Å²) in [6, 6.07) is 7.11. The van der Waals surface area contributed by atoms with E-state index >= 15 is 4.39 Å². The highest BCUT2D eigenvalue weighted by Gasteiger charge is 2.32. The summed E-state index contributed by atoms with van der Waals surface area (Å²) >= 11 is 0. The quantitative estimate of drug-likeness (QED) is 0.168. The number of benzene rings is 1. The van der Waals surface area contributed by atoms with E-state index in [1.165, 1.54) is 24.4 Å². The molecule has 11 heteroatoms. The molecular weight excluding hydrogens is 568 g/mol. The SMILES string of the molecule is CNC(=O)Oc1cc2c(cc1F)cc(-c1nn(COCC[Si](C)(C)C)c3c1CCC(C)(C)C3)n2COCC[Si](C)(C)C. The fourth-order valence-electron chi connectivity index (χ4n) is 5.20. The van der Waals surface area contributed by atoms with E-state index in [1.807, 2.05) is 15.3 Å². The molecule has 0 aliphatic heterocycles. The van der Waals surface area contributed by atoms with Crippen LogP contribution in [0, 0.1) is 11.2 Å². The minimum atomic E-state index is -1.28. The average molecular weight is 617 g/mol. The summed E-state index contributed by atoms with van der Waals surface area (Å²) < 4.78 is 36.7. The van der Waals surface area contributed by atoms with Gasteiger partial charge in [0.25, 0.3) is 0 Å². The Morgan fingerprint density at radius 1 is 1.02 bits per heavy atom. The number of carbonyl (C=O) groups excluding carboxylic acids is 1. The molecule has 232 valence electrons. The summed E-state index contributed by atoms with van der Waals surface area (Å²) in [5.74, 6) is -0.723. The molecule has 1 aliphatic rings. The first-order valence-electron chi connectivity index (χ1n) is 15.0. The van der Waals surface area contributed by atoms with Crippen LogP contribution in [0.15, 0.2) is 18.2 Å². The number of hydrogen-bond acceptors (Lipinski definition) is 5. The Morgan fingerprint density at radius 3 is 2.29 bits per heavy atom. The average Bonchev–Trinajstić information content (AvgIpc) is 3.39. The Labute approximate surface area is 251 Å². The maximum atomic E-state index is 15.0. The third-order valence-corrected chi connectivity index (χ3v) is 11.3. The normalized spacial score (nSPS) is 15.2. The zero-order chi connectivity index (χ0) is 30.9. The van der Waals surface area contributed by atoms with Crippen LogP contribution in [0.25, 0.3) is 22.3 Å². The molecule has 1 aromatic carbocycles. The molecule has 2 aromatic heterocycles. The van der Waals surface area contributed by atoms with Crippen molar-refractivity contribution in [3.8, 4) is 17.1 Å². The molecule has 1 amide bonds. The van der Waals surface area contributed by atoms with Crippen LogP contribution in [-0.2, 0) is 35.8 Å². The Hall–Kier alpha value is -2.48. The standard InChI is InChI=1S/C31H49FN4O4Si2/c1-31(2)11-10-23-27(19-31)36(21-39-13-15-42(7,8)9)34-29(23)26-17-22-16-24(32)28(40-30(37)33-3)18-25(22)35(26)20-38-12-14-41(4,5)6/h16-18H,10-15,19-21H2,1-9H3,(H,33,37). The third-order valence-electron chi connectivity index (χ3n) is 7.90. The number of rotatable bonds is 12. The van der Waals surface area contributed by atoms with Gasteiger partial charge in [-0.15, -0.1) is 0 Å². The zero-order valence-corrected chi connectivity index (χ0v) is 28.9. The molecule has 4 rings (SSSR count). The van der Waals surface area contributed by atoms with Crippen molar-refractivity contribution >= 4 is 33.1 Å². The van der Waals surface area contributed by atoms with Crippen LogP contribution in [-0.4, -0.2) is 56.9 Å². The Balaban J connectivity index is 1.77. The van der Waals surface area contributed by atoms with E-state index < -0.39 is 28.1 Å². The van der Waals surface area contributed by atoms with Crippen LogP contribution in [0.5, 0.6) is 5.75 Å². The molecule has 0 bridgehead atoms. The largest absolute Gasteiger partial charge is 0.412 e. The first-order valence-corrected chi connectivity index (χ1v) is 22.5. The van der Waals surface area contributed by atoms with Gasteiger partial charge in [-0.2, -0.15) is 5.10 Å². The Morgan fingerprint density at radius 2 is 1.67 bits per heavy atom. The summed E-state index contributed by atoms with van der Waals surface area (Å²) in [7, 11) is -1.04. The van der Waals surface area contributed by atoms with Crippen LogP contribution < -0.4 is 10.1 Å². The molecule has 0 unspecified atom stereocenters. The maximum absolute atomic E-state index is 15.0. The van der Waals surface area contributed by atoms with Gasteiger partial charge in [-0.1, -0.05) is 53.1 Å². The summed E-state index contributed by atoms with van der Waals surface area (Å²) in [6.45, 7) is 20.7. The van der Waals surface area contributed by atoms with Crippen molar-refractivity contribution in [3.63, 3.8) is 0 Å². The molecule has 1 N–H and O–H groups in total. The maximum Gasteiger partial charge on any atom is 0.412 e. The van der Waals surface area contributed by atoms with Crippen molar-refractivity contribution < 1.29 is 23.4 Å². The molecule has 42 heavy (non-hydrogen) atoms. The molecule has 0 radical (unpaired) electrons. The second kappa shape index (κ2) is 12.6. The van der Waals surface area contributed by atoms with Gasteiger partial charge in [-0.25, -0.2) is 13.9 Å². The summed E-state index contributed by atoms with van der Waals surface area (Å²) in [4.78, 5) is 11.9. The summed E-state index contributed by atoms with van der Waals surface area (Å²) in [6.07, 6.45) is 2.16. The van der Waals surface area contributed by atoms with Crippen molar-refractivity contribution in [3.05, 3.63) is 35.3 Å². The molecule has 0 fully saturated rings. The van der Waals surface area contributed by atoms with E-state index in [4.69, 9.17) is 19.3 Å². The van der Waals surface area contributed by atoms with Gasteiger partial charge < -0.3 is 24.1 Å². The highest BCUT2D eigenvalue weighted by molar-refractivity contribution is 6.76. The minimum absolute atomic E-state index is 0.125. The molecule has 0 saturated carbocycles. The highest BCUT2D eigenvalue weighted by Crippen LogP contribution is 2.41. The Kier molecular flexibility index (Phi) is 9.76. The van der Waals surface area contributed by atoms with Gasteiger partial charge in [-0.05, 0) is 48.9 Å². The van der Waals surface area contributed by atoms with Crippen LogP contribution in [0.4, 0.5) is 9.18 Å². The van der Waals surface area contributed by atoms with E-state index in [0.29, 0.717) is 18.7 Å². The predicted octanol–water partition coefficient (Wildman–Crippen LogP) is 7.50. The molecule has 3 aromatic rings. The lowest BCUT2D eigenvalue weighted by Crippen LogP contribution is -2.25.